The summed E-state index contributed by atoms with van der Waals surface area (Å²) in [5, 5.41) is 8.38. The number of rotatable bonds is 3. The van der Waals surface area contributed by atoms with E-state index >= 15 is 0 Å². The van der Waals surface area contributed by atoms with E-state index < -0.39 is 0 Å². The van der Waals surface area contributed by atoms with Crippen molar-refractivity contribution >= 4 is 16.7 Å². The highest BCUT2D eigenvalue weighted by Crippen LogP contribution is 2.25. The third-order valence-electron chi connectivity index (χ3n) is 3.26. The van der Waals surface area contributed by atoms with Gasteiger partial charge in [-0.2, -0.15) is 5.10 Å². The minimum absolute atomic E-state index is 0.831. The zero-order valence-electron chi connectivity index (χ0n) is 11.1. The van der Waals surface area contributed by atoms with Crippen molar-refractivity contribution in [2.24, 2.45) is 0 Å². The second-order valence-corrected chi connectivity index (χ2v) is 4.71. The van der Waals surface area contributed by atoms with Gasteiger partial charge in [0.05, 0.1) is 16.6 Å². The summed E-state index contributed by atoms with van der Waals surface area (Å²) in [6, 6.07) is 12.3. The number of H-pyrrole nitrogens is 1. The van der Waals surface area contributed by atoms with Gasteiger partial charge in [0, 0.05) is 19.8 Å². The third kappa shape index (κ3) is 2.17. The van der Waals surface area contributed by atoms with Crippen LogP contribution >= 0.6 is 0 Å². The number of nitrogens with zero attached hydrogens (tertiary/aromatic N) is 3. The lowest BCUT2D eigenvalue weighted by Gasteiger charge is -2.19. The molecule has 0 bridgehead atoms. The summed E-state index contributed by atoms with van der Waals surface area (Å²) in [5.41, 5.74) is 3.28. The quantitative estimate of drug-likeness (QED) is 0.779. The first-order valence-corrected chi connectivity index (χ1v) is 6.30. The van der Waals surface area contributed by atoms with Gasteiger partial charge in [-0.15, -0.1) is 0 Å². The molecule has 2 aromatic heterocycles. The van der Waals surface area contributed by atoms with Crippen LogP contribution in [0.15, 0.2) is 42.6 Å². The number of hydrogen-bond donors (Lipinski definition) is 1. The molecule has 0 saturated carbocycles. The van der Waals surface area contributed by atoms with E-state index in [2.05, 4.69) is 51.4 Å². The maximum Gasteiger partial charge on any atom is 0.139 e. The Balaban J connectivity index is 1.98. The average molecular weight is 252 g/mol. The molecule has 0 aliphatic heterocycles. The van der Waals surface area contributed by atoms with Crippen molar-refractivity contribution in [1.82, 2.24) is 15.2 Å². The Kier molecular flexibility index (Phi) is 2.91. The molecular formula is C15H16N4. The summed E-state index contributed by atoms with van der Waals surface area (Å²) in [4.78, 5) is 6.65. The highest BCUT2D eigenvalue weighted by atomic mass is 15.2. The SMILES string of the molecule is Cc1n[nH]c2ccnc(N(C)Cc3ccccc3)c12. The van der Waals surface area contributed by atoms with Crippen molar-refractivity contribution in [3.8, 4) is 0 Å². The highest BCUT2D eigenvalue weighted by molar-refractivity contribution is 5.91. The van der Waals surface area contributed by atoms with Crippen molar-refractivity contribution in [1.29, 1.82) is 0 Å². The largest absolute Gasteiger partial charge is 0.355 e. The van der Waals surface area contributed by atoms with E-state index in [0.29, 0.717) is 0 Å². The number of hydrogen-bond acceptors (Lipinski definition) is 3. The second-order valence-electron chi connectivity index (χ2n) is 4.71. The van der Waals surface area contributed by atoms with Gasteiger partial charge in [-0.3, -0.25) is 5.10 Å². The normalized spacial score (nSPS) is 10.8. The maximum absolute atomic E-state index is 4.50. The lowest BCUT2D eigenvalue weighted by Crippen LogP contribution is -2.17. The topological polar surface area (TPSA) is 44.8 Å². The molecular weight excluding hydrogens is 236 g/mol. The van der Waals surface area contributed by atoms with Gasteiger partial charge in [-0.1, -0.05) is 30.3 Å². The number of fused-ring (bicyclic) bond motifs is 1. The molecule has 0 radical (unpaired) electrons. The zero-order valence-corrected chi connectivity index (χ0v) is 11.1. The fraction of sp³-hybridized carbons (Fsp3) is 0.200. The summed E-state index contributed by atoms with van der Waals surface area (Å²) < 4.78 is 0. The summed E-state index contributed by atoms with van der Waals surface area (Å²) in [6.07, 6.45) is 1.82. The number of aromatic nitrogens is 3. The molecule has 4 heteroatoms. The number of nitrogens with one attached hydrogen (secondary N) is 1. The fourth-order valence-corrected chi connectivity index (χ4v) is 2.32. The monoisotopic (exact) mass is 252 g/mol. The maximum atomic E-state index is 4.50. The number of aryl methyl sites for hydroxylation is 1. The minimum atomic E-state index is 0.831. The molecule has 0 fully saturated rings. The molecule has 0 saturated heterocycles. The molecule has 2 heterocycles. The van der Waals surface area contributed by atoms with Crippen LogP contribution in [0.3, 0.4) is 0 Å². The Morgan fingerprint density at radius 1 is 1.16 bits per heavy atom. The van der Waals surface area contributed by atoms with Gasteiger partial charge >= 0.3 is 0 Å². The predicted molar refractivity (Wildman–Crippen MR) is 77.2 cm³/mol. The Morgan fingerprint density at radius 2 is 1.95 bits per heavy atom. The summed E-state index contributed by atoms with van der Waals surface area (Å²) in [7, 11) is 2.06. The molecule has 3 rings (SSSR count). The van der Waals surface area contributed by atoms with Gasteiger partial charge in [0.15, 0.2) is 0 Å². The first-order valence-electron chi connectivity index (χ1n) is 6.30. The standard InChI is InChI=1S/C15H16N4/c1-11-14-13(18-17-11)8-9-16-15(14)19(2)10-12-6-4-3-5-7-12/h3-9H,10H2,1-2H3,(H,17,18). The van der Waals surface area contributed by atoms with Crippen LogP contribution in [0.1, 0.15) is 11.3 Å². The van der Waals surface area contributed by atoms with Crippen molar-refractivity contribution in [3.63, 3.8) is 0 Å². The molecule has 1 N–H and O–H groups in total. The van der Waals surface area contributed by atoms with E-state index in [1.165, 1.54) is 5.56 Å². The molecule has 96 valence electrons. The van der Waals surface area contributed by atoms with Crippen molar-refractivity contribution in [2.75, 3.05) is 11.9 Å². The summed E-state index contributed by atoms with van der Waals surface area (Å²) in [5.74, 6) is 0.965. The van der Waals surface area contributed by atoms with Crippen LogP contribution in [0.4, 0.5) is 5.82 Å². The fourth-order valence-electron chi connectivity index (χ4n) is 2.32. The van der Waals surface area contributed by atoms with Crippen molar-refractivity contribution in [3.05, 3.63) is 53.9 Å². The number of anilines is 1. The van der Waals surface area contributed by atoms with E-state index in [4.69, 9.17) is 0 Å². The molecule has 0 aliphatic rings. The van der Waals surface area contributed by atoms with Crippen LogP contribution in [-0.4, -0.2) is 22.2 Å². The van der Waals surface area contributed by atoms with Crippen LogP contribution in [0, 0.1) is 6.92 Å². The molecule has 0 unspecified atom stereocenters. The van der Waals surface area contributed by atoms with Gasteiger partial charge < -0.3 is 4.90 Å². The zero-order chi connectivity index (χ0) is 13.2. The Labute approximate surface area is 112 Å². The van der Waals surface area contributed by atoms with Crippen LogP contribution < -0.4 is 4.90 Å². The summed E-state index contributed by atoms with van der Waals surface area (Å²) in [6.45, 7) is 2.83. The van der Waals surface area contributed by atoms with Crippen LogP contribution in [0.25, 0.3) is 10.9 Å². The number of pyridine rings is 1. The summed E-state index contributed by atoms with van der Waals surface area (Å²) >= 11 is 0. The van der Waals surface area contributed by atoms with E-state index in [9.17, 15) is 0 Å². The number of benzene rings is 1. The highest BCUT2D eigenvalue weighted by Gasteiger charge is 2.12. The first-order chi connectivity index (χ1) is 9.25. The predicted octanol–water partition coefficient (Wildman–Crippen LogP) is 2.90. The molecule has 0 aliphatic carbocycles. The molecule has 0 amide bonds. The molecule has 0 atom stereocenters. The lowest BCUT2D eigenvalue weighted by atomic mass is 10.2. The van der Waals surface area contributed by atoms with E-state index in [-0.39, 0.29) is 0 Å². The van der Waals surface area contributed by atoms with E-state index in [1.807, 2.05) is 25.3 Å². The number of aromatic amines is 1. The van der Waals surface area contributed by atoms with Gasteiger partial charge in [0.1, 0.15) is 5.82 Å². The Bertz CT molecular complexity index is 688. The Hall–Kier alpha value is -2.36. The van der Waals surface area contributed by atoms with Crippen LogP contribution in [0.5, 0.6) is 0 Å². The molecule has 1 aromatic carbocycles. The first kappa shape index (κ1) is 11.7. The average Bonchev–Trinajstić information content (AvgIpc) is 2.82. The van der Waals surface area contributed by atoms with Gasteiger partial charge in [-0.25, -0.2) is 4.98 Å². The van der Waals surface area contributed by atoms with Crippen LogP contribution in [-0.2, 0) is 6.54 Å². The van der Waals surface area contributed by atoms with Gasteiger partial charge in [-0.05, 0) is 18.6 Å². The molecule has 19 heavy (non-hydrogen) atoms. The smallest absolute Gasteiger partial charge is 0.139 e. The molecule has 4 nitrogen and oxygen atoms in total. The van der Waals surface area contributed by atoms with Crippen molar-refractivity contribution in [2.45, 2.75) is 13.5 Å². The molecule has 0 spiro atoms. The lowest BCUT2D eigenvalue weighted by molar-refractivity contribution is 0.904. The van der Waals surface area contributed by atoms with E-state index in [1.54, 1.807) is 0 Å². The Morgan fingerprint density at radius 3 is 2.74 bits per heavy atom. The van der Waals surface area contributed by atoms with Crippen molar-refractivity contribution < 1.29 is 0 Å². The molecule has 3 aromatic rings. The minimum Gasteiger partial charge on any atom is -0.355 e. The van der Waals surface area contributed by atoms with Gasteiger partial charge in [0.25, 0.3) is 0 Å². The van der Waals surface area contributed by atoms with Crippen LogP contribution in [0.2, 0.25) is 0 Å². The third-order valence-corrected chi connectivity index (χ3v) is 3.26. The second kappa shape index (κ2) is 4.72. The van der Waals surface area contributed by atoms with E-state index in [0.717, 1.165) is 29.0 Å². The van der Waals surface area contributed by atoms with Gasteiger partial charge in [0.2, 0.25) is 0 Å².